The highest BCUT2D eigenvalue weighted by molar-refractivity contribution is 5.85. The average molecular weight is 150 g/mol. The molecule has 1 atom stereocenters. The van der Waals surface area contributed by atoms with Gasteiger partial charge in [-0.25, -0.2) is 4.79 Å². The lowest BCUT2D eigenvalue weighted by molar-refractivity contribution is -0.138. The zero-order valence-corrected chi connectivity index (χ0v) is 6.46. The molecule has 2 nitrogen and oxygen atoms in total. The summed E-state index contributed by atoms with van der Waals surface area (Å²) < 4.78 is 4.95. The first kappa shape index (κ1) is 7.83. The minimum Gasteiger partial charge on any atom is -0.454 e. The van der Waals surface area contributed by atoms with Gasteiger partial charge in [0.25, 0.3) is 0 Å². The maximum absolute atomic E-state index is 10.7. The van der Waals surface area contributed by atoms with E-state index in [0.717, 1.165) is 5.57 Å². The van der Waals surface area contributed by atoms with Crippen molar-refractivity contribution in [3.05, 3.63) is 30.0 Å². The molecule has 2 heteroatoms. The molecule has 0 aromatic rings. The van der Waals surface area contributed by atoms with Gasteiger partial charge in [0, 0.05) is 12.5 Å². The van der Waals surface area contributed by atoms with E-state index in [1.54, 1.807) is 6.08 Å². The van der Waals surface area contributed by atoms with Crippen LogP contribution in [-0.4, -0.2) is 12.1 Å². The maximum atomic E-state index is 10.7. The first-order valence-electron chi connectivity index (χ1n) is 3.47. The van der Waals surface area contributed by atoms with E-state index in [1.807, 2.05) is 6.92 Å². The van der Waals surface area contributed by atoms with Gasteiger partial charge in [-0.3, -0.25) is 0 Å². The van der Waals surface area contributed by atoms with Crippen LogP contribution in [0.5, 0.6) is 0 Å². The fourth-order valence-electron chi connectivity index (χ4n) is 0.970. The quantitative estimate of drug-likeness (QED) is 0.441. The zero-order valence-electron chi connectivity index (χ0n) is 6.46. The molecule has 1 aliphatic rings. The van der Waals surface area contributed by atoms with Gasteiger partial charge < -0.3 is 4.74 Å². The first-order valence-corrected chi connectivity index (χ1v) is 3.47. The Bertz CT molecular complexity index is 244. The third-order valence-corrected chi connectivity index (χ3v) is 1.59. The molecule has 1 rings (SSSR count). The van der Waals surface area contributed by atoms with Crippen molar-refractivity contribution < 1.29 is 9.53 Å². The van der Waals surface area contributed by atoms with Gasteiger partial charge in [0.1, 0.15) is 6.10 Å². The summed E-state index contributed by atoms with van der Waals surface area (Å²) in [5.74, 6) is -0.245. The van der Waals surface area contributed by atoms with E-state index in [4.69, 9.17) is 4.74 Å². The summed E-state index contributed by atoms with van der Waals surface area (Å²) >= 11 is 0. The van der Waals surface area contributed by atoms with Gasteiger partial charge in [-0.05, 0) is 18.6 Å². The van der Waals surface area contributed by atoms with E-state index in [0.29, 0.717) is 6.42 Å². The first-order chi connectivity index (χ1) is 5.24. The third kappa shape index (κ3) is 1.82. The van der Waals surface area contributed by atoms with Gasteiger partial charge in [-0.1, -0.05) is 6.58 Å². The largest absolute Gasteiger partial charge is 0.454 e. The second-order valence-corrected chi connectivity index (χ2v) is 2.46. The van der Waals surface area contributed by atoms with Crippen molar-refractivity contribution in [2.24, 2.45) is 0 Å². The lowest BCUT2D eigenvalue weighted by Crippen LogP contribution is -2.08. The van der Waals surface area contributed by atoms with Crippen LogP contribution in [0.15, 0.2) is 30.0 Å². The molecule has 58 valence electrons. The number of carbonyl (C=O) groups excluding carboxylic acids is 1. The summed E-state index contributed by atoms with van der Waals surface area (Å²) in [5, 5.41) is 0. The minimum absolute atomic E-state index is 0.0863. The lowest BCUT2D eigenvalue weighted by atomic mass is 10.1. The molecule has 1 unspecified atom stereocenters. The van der Waals surface area contributed by atoms with Crippen LogP contribution in [0, 0.1) is 0 Å². The van der Waals surface area contributed by atoms with Crippen molar-refractivity contribution in [3.8, 4) is 0 Å². The molecule has 0 aromatic carbocycles. The molecule has 1 aliphatic heterocycles. The second-order valence-electron chi connectivity index (χ2n) is 2.46. The Morgan fingerprint density at radius 2 is 2.64 bits per heavy atom. The van der Waals surface area contributed by atoms with Gasteiger partial charge in [-0.2, -0.15) is 0 Å². The Balaban J connectivity index is 2.56. The molecule has 0 saturated carbocycles. The Labute approximate surface area is 65.9 Å². The van der Waals surface area contributed by atoms with E-state index >= 15 is 0 Å². The topological polar surface area (TPSA) is 26.3 Å². The molecule has 1 heterocycles. The van der Waals surface area contributed by atoms with Crippen molar-refractivity contribution in [2.45, 2.75) is 19.4 Å². The number of carbonyl (C=O) groups is 1. The third-order valence-electron chi connectivity index (χ3n) is 1.59. The molecule has 0 aromatic heterocycles. The number of ether oxygens (including phenoxy) is 1. The summed E-state index contributed by atoms with van der Waals surface area (Å²) in [6.45, 7) is 5.31. The number of rotatable bonds is 2. The van der Waals surface area contributed by atoms with E-state index < -0.39 is 0 Å². The van der Waals surface area contributed by atoms with Crippen LogP contribution in [0.3, 0.4) is 0 Å². The standard InChI is InChI=1S/C9H10O2/c1-3-4-5-8-7(2)6-9(10)11-8/h4,6,8H,1,5H2,2H3. The maximum Gasteiger partial charge on any atom is 0.331 e. The fraction of sp³-hybridized carbons (Fsp3) is 0.333. The zero-order chi connectivity index (χ0) is 8.27. The Morgan fingerprint density at radius 3 is 3.09 bits per heavy atom. The highest BCUT2D eigenvalue weighted by Crippen LogP contribution is 2.17. The fourth-order valence-corrected chi connectivity index (χ4v) is 0.970. The summed E-state index contributed by atoms with van der Waals surface area (Å²) in [7, 11) is 0. The van der Waals surface area contributed by atoms with Crippen molar-refractivity contribution in [2.75, 3.05) is 0 Å². The van der Waals surface area contributed by atoms with Crippen molar-refractivity contribution >= 4 is 5.97 Å². The van der Waals surface area contributed by atoms with Crippen LogP contribution in [0.4, 0.5) is 0 Å². The molecule has 0 saturated heterocycles. The van der Waals surface area contributed by atoms with Crippen LogP contribution in [-0.2, 0) is 9.53 Å². The predicted molar refractivity (Wildman–Crippen MR) is 42.0 cm³/mol. The summed E-state index contributed by atoms with van der Waals surface area (Å²) in [6.07, 6.45) is 3.87. The Morgan fingerprint density at radius 1 is 1.91 bits per heavy atom. The molecule has 0 spiro atoms. The molecule has 11 heavy (non-hydrogen) atoms. The summed E-state index contributed by atoms with van der Waals surface area (Å²) in [4.78, 5) is 10.7. The average Bonchev–Trinajstić information content (AvgIpc) is 2.26. The predicted octanol–water partition coefficient (Wildman–Crippen LogP) is 1.59. The smallest absolute Gasteiger partial charge is 0.331 e. The number of hydrogen-bond donors (Lipinski definition) is 0. The molecule has 0 aliphatic carbocycles. The SMILES string of the molecule is C=C=CCC1OC(=O)C=C1C. The van der Waals surface area contributed by atoms with Crippen molar-refractivity contribution in [1.29, 1.82) is 0 Å². The Hall–Kier alpha value is -1.27. The molecular formula is C9H10O2. The molecule has 0 radical (unpaired) electrons. The number of cyclic esters (lactones) is 1. The highest BCUT2D eigenvalue weighted by atomic mass is 16.5. The molecular weight excluding hydrogens is 140 g/mol. The van der Waals surface area contributed by atoms with E-state index in [-0.39, 0.29) is 12.1 Å². The minimum atomic E-state index is -0.245. The van der Waals surface area contributed by atoms with Gasteiger partial charge in [0.2, 0.25) is 0 Å². The van der Waals surface area contributed by atoms with Crippen LogP contribution < -0.4 is 0 Å². The van der Waals surface area contributed by atoms with E-state index in [1.165, 1.54) is 6.08 Å². The van der Waals surface area contributed by atoms with E-state index in [9.17, 15) is 4.79 Å². The van der Waals surface area contributed by atoms with Gasteiger partial charge in [0.05, 0.1) is 0 Å². The Kier molecular flexibility index (Phi) is 2.29. The monoisotopic (exact) mass is 150 g/mol. The molecule has 0 N–H and O–H groups in total. The molecule has 0 fully saturated rings. The second kappa shape index (κ2) is 3.22. The number of hydrogen-bond acceptors (Lipinski definition) is 2. The normalized spacial score (nSPS) is 22.1. The van der Waals surface area contributed by atoms with Gasteiger partial charge in [-0.15, -0.1) is 5.73 Å². The van der Waals surface area contributed by atoms with Crippen molar-refractivity contribution in [1.82, 2.24) is 0 Å². The highest BCUT2D eigenvalue weighted by Gasteiger charge is 2.20. The van der Waals surface area contributed by atoms with Gasteiger partial charge >= 0.3 is 5.97 Å². The molecule has 0 amide bonds. The van der Waals surface area contributed by atoms with Gasteiger partial charge in [0.15, 0.2) is 0 Å². The van der Waals surface area contributed by atoms with Crippen LogP contribution in [0.1, 0.15) is 13.3 Å². The lowest BCUT2D eigenvalue weighted by Gasteiger charge is -2.06. The van der Waals surface area contributed by atoms with Crippen LogP contribution in [0.2, 0.25) is 0 Å². The summed E-state index contributed by atoms with van der Waals surface area (Å²) in [6, 6.07) is 0. The summed E-state index contributed by atoms with van der Waals surface area (Å²) in [5.41, 5.74) is 3.61. The van der Waals surface area contributed by atoms with Crippen LogP contribution in [0.25, 0.3) is 0 Å². The van der Waals surface area contributed by atoms with Crippen molar-refractivity contribution in [3.63, 3.8) is 0 Å². The molecule has 0 bridgehead atoms. The van der Waals surface area contributed by atoms with Crippen LogP contribution >= 0.6 is 0 Å². The van der Waals surface area contributed by atoms with E-state index in [2.05, 4.69) is 12.3 Å². The number of esters is 1.